The molecule has 0 aliphatic rings. The molecular formula is C3H6ClO. The molecular weight excluding hydrogens is 87.5 g/mol. The summed E-state index contributed by atoms with van der Waals surface area (Å²) in [5.41, 5.74) is 0. The van der Waals surface area contributed by atoms with Gasteiger partial charge in [0.05, 0.1) is 12.0 Å². The van der Waals surface area contributed by atoms with E-state index in [0.29, 0.717) is 0 Å². The fourth-order valence-corrected chi connectivity index (χ4v) is 0. The number of halogens is 1. The van der Waals surface area contributed by atoms with E-state index < -0.39 is 6.10 Å². The average molecular weight is 93.5 g/mol. The van der Waals surface area contributed by atoms with Gasteiger partial charge < -0.3 is 5.11 Å². The summed E-state index contributed by atoms with van der Waals surface area (Å²) in [6.45, 7) is 1.59. The van der Waals surface area contributed by atoms with Crippen LogP contribution in [0.3, 0.4) is 0 Å². The second kappa shape index (κ2) is 2.49. The standard InChI is InChI=1S/C3H6ClO/c1-3(5)2-4/h2-3,5H,1H3/t3-/m0/s1. The van der Waals surface area contributed by atoms with E-state index in [1.54, 1.807) is 6.92 Å². The summed E-state index contributed by atoms with van der Waals surface area (Å²) in [7, 11) is 0. The van der Waals surface area contributed by atoms with Crippen LogP contribution in [-0.4, -0.2) is 11.2 Å². The zero-order valence-electron chi connectivity index (χ0n) is 2.98. The van der Waals surface area contributed by atoms with E-state index in [2.05, 4.69) is 0 Å². The van der Waals surface area contributed by atoms with Crippen molar-refractivity contribution in [1.82, 2.24) is 0 Å². The number of hydrogen-bond donors (Lipinski definition) is 1. The minimum Gasteiger partial charge on any atom is -0.392 e. The Morgan fingerprint density at radius 2 is 2.20 bits per heavy atom. The maximum Gasteiger partial charge on any atom is 0.0781 e. The molecule has 0 aromatic rings. The highest BCUT2D eigenvalue weighted by Gasteiger charge is 1.85. The van der Waals surface area contributed by atoms with Gasteiger partial charge >= 0.3 is 0 Å². The summed E-state index contributed by atoms with van der Waals surface area (Å²) in [4.78, 5) is 0. The Morgan fingerprint density at radius 1 is 2.00 bits per heavy atom. The number of rotatable bonds is 1. The van der Waals surface area contributed by atoms with Crippen LogP contribution < -0.4 is 0 Å². The molecule has 0 unspecified atom stereocenters. The van der Waals surface area contributed by atoms with Gasteiger partial charge in [-0.15, -0.1) is 11.6 Å². The summed E-state index contributed by atoms with van der Waals surface area (Å²) in [5, 5.41) is 8.17. The van der Waals surface area contributed by atoms with Gasteiger partial charge in [-0.05, 0) is 6.92 Å². The largest absolute Gasteiger partial charge is 0.392 e. The van der Waals surface area contributed by atoms with Crippen molar-refractivity contribution >= 4 is 11.6 Å². The molecule has 0 amide bonds. The first-order chi connectivity index (χ1) is 2.27. The highest BCUT2D eigenvalue weighted by atomic mass is 35.5. The normalized spacial score (nSPS) is 15.0. The Bertz CT molecular complexity index is 20.9. The van der Waals surface area contributed by atoms with Gasteiger partial charge in [0.25, 0.3) is 0 Å². The topological polar surface area (TPSA) is 20.2 Å². The van der Waals surface area contributed by atoms with Crippen LogP contribution in [0.15, 0.2) is 0 Å². The Labute approximate surface area is 36.6 Å². The van der Waals surface area contributed by atoms with Crippen LogP contribution in [0.25, 0.3) is 0 Å². The minimum atomic E-state index is -0.475. The molecule has 0 spiro atoms. The molecule has 0 bridgehead atoms. The van der Waals surface area contributed by atoms with E-state index in [0.717, 1.165) is 0 Å². The van der Waals surface area contributed by atoms with Crippen molar-refractivity contribution < 1.29 is 5.11 Å². The van der Waals surface area contributed by atoms with Gasteiger partial charge in [-0.3, -0.25) is 0 Å². The number of aliphatic hydroxyl groups is 1. The molecule has 0 aromatic heterocycles. The van der Waals surface area contributed by atoms with E-state index in [1.165, 1.54) is 5.88 Å². The zero-order chi connectivity index (χ0) is 4.28. The van der Waals surface area contributed by atoms with E-state index in [1.807, 2.05) is 0 Å². The summed E-state index contributed by atoms with van der Waals surface area (Å²) in [6, 6.07) is 0. The summed E-state index contributed by atoms with van der Waals surface area (Å²) in [6.07, 6.45) is -0.475. The smallest absolute Gasteiger partial charge is 0.0781 e. The van der Waals surface area contributed by atoms with Gasteiger partial charge in [-0.1, -0.05) is 0 Å². The second-order valence-corrected chi connectivity index (χ2v) is 1.12. The predicted octanol–water partition coefficient (Wildman–Crippen LogP) is 0.768. The number of hydrogen-bond acceptors (Lipinski definition) is 1. The van der Waals surface area contributed by atoms with Crippen molar-refractivity contribution in [2.24, 2.45) is 0 Å². The van der Waals surface area contributed by atoms with Gasteiger partial charge in [-0.2, -0.15) is 0 Å². The van der Waals surface area contributed by atoms with Crippen LogP contribution >= 0.6 is 11.6 Å². The lowest BCUT2D eigenvalue weighted by Gasteiger charge is -1.87. The van der Waals surface area contributed by atoms with Gasteiger partial charge in [0, 0.05) is 0 Å². The van der Waals surface area contributed by atoms with E-state index in [4.69, 9.17) is 16.7 Å². The lowest BCUT2D eigenvalue weighted by atomic mass is 10.5. The molecule has 0 aliphatic carbocycles. The van der Waals surface area contributed by atoms with Crippen molar-refractivity contribution in [3.63, 3.8) is 0 Å². The summed E-state index contributed by atoms with van der Waals surface area (Å²) in [5.74, 6) is 1.19. The SMILES string of the molecule is C[C@H](O)[CH]Cl. The fraction of sp³-hybridized carbons (Fsp3) is 0.667. The van der Waals surface area contributed by atoms with Gasteiger partial charge in [0.1, 0.15) is 0 Å². The molecule has 5 heavy (non-hydrogen) atoms. The quantitative estimate of drug-likeness (QED) is 0.508. The maximum atomic E-state index is 8.17. The second-order valence-electron chi connectivity index (χ2n) is 0.867. The first kappa shape index (κ1) is 5.25. The molecule has 0 saturated carbocycles. The fourth-order valence-electron chi connectivity index (χ4n) is 0. The lowest BCUT2D eigenvalue weighted by Crippen LogP contribution is -1.92. The summed E-state index contributed by atoms with van der Waals surface area (Å²) >= 11 is 4.96. The molecule has 0 heterocycles. The van der Waals surface area contributed by atoms with Gasteiger partial charge in [0.2, 0.25) is 0 Å². The van der Waals surface area contributed by atoms with Crippen molar-refractivity contribution in [1.29, 1.82) is 0 Å². The predicted molar refractivity (Wildman–Crippen MR) is 21.8 cm³/mol. The van der Waals surface area contributed by atoms with Crippen LogP contribution in [0.2, 0.25) is 0 Å². The van der Waals surface area contributed by atoms with E-state index in [9.17, 15) is 0 Å². The molecule has 1 N–H and O–H groups in total. The van der Waals surface area contributed by atoms with Crippen molar-refractivity contribution in [2.75, 3.05) is 0 Å². The third-order valence-electron chi connectivity index (χ3n) is 0.182. The highest BCUT2D eigenvalue weighted by molar-refractivity contribution is 6.23. The van der Waals surface area contributed by atoms with Crippen molar-refractivity contribution in [2.45, 2.75) is 13.0 Å². The Kier molecular flexibility index (Phi) is 2.61. The molecule has 1 nitrogen and oxygen atoms in total. The van der Waals surface area contributed by atoms with Crippen LogP contribution in [0.5, 0.6) is 0 Å². The Hall–Kier alpha value is 0.250. The van der Waals surface area contributed by atoms with Crippen LogP contribution in [0, 0.1) is 5.88 Å². The van der Waals surface area contributed by atoms with Gasteiger partial charge in [0.15, 0.2) is 0 Å². The maximum absolute atomic E-state index is 8.17. The monoisotopic (exact) mass is 93.0 g/mol. The van der Waals surface area contributed by atoms with Crippen LogP contribution in [0.4, 0.5) is 0 Å². The first-order valence-corrected chi connectivity index (χ1v) is 1.82. The van der Waals surface area contributed by atoms with Crippen molar-refractivity contribution in [3.05, 3.63) is 5.88 Å². The highest BCUT2D eigenvalue weighted by Crippen LogP contribution is 1.88. The molecule has 0 fully saturated rings. The molecule has 0 aromatic carbocycles. The van der Waals surface area contributed by atoms with E-state index >= 15 is 0 Å². The molecule has 31 valence electrons. The Morgan fingerprint density at radius 3 is 2.20 bits per heavy atom. The third kappa shape index (κ3) is 4.25. The summed E-state index contributed by atoms with van der Waals surface area (Å²) < 4.78 is 0. The average Bonchev–Trinajstić information content (AvgIpc) is 1.38. The van der Waals surface area contributed by atoms with Crippen LogP contribution in [-0.2, 0) is 0 Å². The first-order valence-electron chi connectivity index (χ1n) is 1.39. The van der Waals surface area contributed by atoms with E-state index in [-0.39, 0.29) is 0 Å². The molecule has 1 atom stereocenters. The molecule has 0 aliphatic heterocycles. The molecule has 2 heteroatoms. The van der Waals surface area contributed by atoms with Crippen molar-refractivity contribution in [3.8, 4) is 0 Å². The minimum absolute atomic E-state index is 0.475. The Balaban J connectivity index is 2.54. The lowest BCUT2D eigenvalue weighted by molar-refractivity contribution is 0.236. The van der Waals surface area contributed by atoms with Gasteiger partial charge in [-0.25, -0.2) is 0 Å². The molecule has 1 radical (unpaired) electrons. The third-order valence-corrected chi connectivity index (χ3v) is 0.547. The molecule has 0 rings (SSSR count). The zero-order valence-corrected chi connectivity index (χ0v) is 3.74. The molecule has 0 saturated heterocycles. The number of aliphatic hydroxyl groups excluding tert-OH is 1. The van der Waals surface area contributed by atoms with Crippen LogP contribution in [0.1, 0.15) is 6.92 Å².